The SMILES string of the molecule is CN(C)C(=O)c1cc2cnc(Nc3ccc(S(=O)(=O)N4CC5(CCNCC5)C4)cc3)nc2n1C1CCCC1.Cl. The van der Waals surface area contributed by atoms with Gasteiger partial charge in [-0.25, -0.2) is 13.4 Å². The predicted molar refractivity (Wildman–Crippen MR) is 153 cm³/mol. The molecular formula is C27H36ClN7O3S. The molecule has 39 heavy (non-hydrogen) atoms. The monoisotopic (exact) mass is 573 g/mol. The Balaban J connectivity index is 0.00000308. The average molecular weight is 574 g/mol. The van der Waals surface area contributed by atoms with E-state index in [0.29, 0.717) is 35.3 Å². The van der Waals surface area contributed by atoms with Crippen LogP contribution in [0.3, 0.4) is 0 Å². The van der Waals surface area contributed by atoms with Crippen LogP contribution in [0.4, 0.5) is 11.6 Å². The van der Waals surface area contributed by atoms with Gasteiger partial charge in [0.15, 0.2) is 0 Å². The van der Waals surface area contributed by atoms with Crippen molar-refractivity contribution in [3.05, 3.63) is 42.2 Å². The van der Waals surface area contributed by atoms with Gasteiger partial charge in [-0.3, -0.25) is 4.79 Å². The number of halogens is 1. The van der Waals surface area contributed by atoms with Gasteiger partial charge in [-0.2, -0.15) is 9.29 Å². The van der Waals surface area contributed by atoms with Crippen molar-refractivity contribution in [2.75, 3.05) is 45.6 Å². The zero-order valence-corrected chi connectivity index (χ0v) is 24.0. The van der Waals surface area contributed by atoms with E-state index in [1.807, 2.05) is 6.07 Å². The summed E-state index contributed by atoms with van der Waals surface area (Å²) in [6.45, 7) is 3.12. The fourth-order valence-electron chi connectivity index (χ4n) is 6.13. The summed E-state index contributed by atoms with van der Waals surface area (Å²) in [6, 6.07) is 8.89. The van der Waals surface area contributed by atoms with Crippen molar-refractivity contribution in [2.24, 2.45) is 5.41 Å². The van der Waals surface area contributed by atoms with Crippen molar-refractivity contribution in [2.45, 2.75) is 49.5 Å². The highest BCUT2D eigenvalue weighted by Gasteiger charge is 2.48. The summed E-state index contributed by atoms with van der Waals surface area (Å²) in [5.41, 5.74) is 2.21. The zero-order chi connectivity index (χ0) is 26.5. The van der Waals surface area contributed by atoms with Gasteiger partial charge in [-0.1, -0.05) is 12.8 Å². The minimum absolute atomic E-state index is 0. The van der Waals surface area contributed by atoms with Gasteiger partial charge in [0.25, 0.3) is 5.91 Å². The Morgan fingerprint density at radius 1 is 1.10 bits per heavy atom. The first kappa shape index (κ1) is 27.8. The number of anilines is 2. The van der Waals surface area contributed by atoms with E-state index in [2.05, 4.69) is 20.2 Å². The maximum absolute atomic E-state index is 13.2. The lowest BCUT2D eigenvalue weighted by Crippen LogP contribution is -2.61. The Morgan fingerprint density at radius 3 is 2.41 bits per heavy atom. The first-order valence-corrected chi connectivity index (χ1v) is 14.9. The fourth-order valence-corrected chi connectivity index (χ4v) is 7.79. The average Bonchev–Trinajstić information content (AvgIpc) is 3.55. The molecule has 1 amide bonds. The number of fused-ring (bicyclic) bond motifs is 1. The van der Waals surface area contributed by atoms with E-state index < -0.39 is 10.0 Å². The van der Waals surface area contributed by atoms with Crippen LogP contribution in [0, 0.1) is 5.41 Å². The van der Waals surface area contributed by atoms with Crippen LogP contribution in [0.2, 0.25) is 0 Å². The molecule has 2 saturated heterocycles. The number of amides is 1. The summed E-state index contributed by atoms with van der Waals surface area (Å²) in [5.74, 6) is 0.361. The molecule has 4 heterocycles. The van der Waals surface area contributed by atoms with E-state index in [-0.39, 0.29) is 29.8 Å². The standard InChI is InChI=1S/C27H35N7O3S.ClH/c1-32(2)25(35)23-15-19-16-29-26(31-24(19)34(23)21-5-3-4-6-21)30-20-7-9-22(10-8-20)38(36,37)33-17-27(18-33)11-13-28-14-12-27;/h7-10,15-16,21,28H,3-6,11-14,17-18H2,1-2H3,(H,29,30,31);1H. The van der Waals surface area contributed by atoms with Crippen molar-refractivity contribution in [1.82, 2.24) is 29.1 Å². The Kier molecular flexibility index (Phi) is 7.62. The summed E-state index contributed by atoms with van der Waals surface area (Å²) in [4.78, 5) is 24.1. The minimum Gasteiger partial charge on any atom is -0.343 e. The molecule has 2 aromatic heterocycles. The number of sulfonamides is 1. The molecular weight excluding hydrogens is 538 g/mol. The lowest BCUT2D eigenvalue weighted by molar-refractivity contribution is 0.0373. The number of hydrogen-bond acceptors (Lipinski definition) is 7. The van der Waals surface area contributed by atoms with Gasteiger partial charge in [0.2, 0.25) is 16.0 Å². The quantitative estimate of drug-likeness (QED) is 0.461. The summed E-state index contributed by atoms with van der Waals surface area (Å²) in [7, 11) is 0.00891. The smallest absolute Gasteiger partial charge is 0.270 e. The van der Waals surface area contributed by atoms with Crippen LogP contribution in [0.5, 0.6) is 0 Å². The second-order valence-electron chi connectivity index (χ2n) is 11.2. The number of nitrogens with one attached hydrogen (secondary N) is 2. The number of carbonyl (C=O) groups excluding carboxylic acids is 1. The molecule has 2 aliphatic heterocycles. The van der Waals surface area contributed by atoms with Crippen molar-refractivity contribution in [3.8, 4) is 0 Å². The van der Waals surface area contributed by atoms with Gasteiger partial charge in [0.1, 0.15) is 11.3 Å². The molecule has 12 heteroatoms. The molecule has 0 radical (unpaired) electrons. The van der Waals surface area contributed by atoms with Crippen LogP contribution in [-0.2, 0) is 10.0 Å². The number of aromatic nitrogens is 3. The molecule has 0 unspecified atom stereocenters. The van der Waals surface area contributed by atoms with E-state index in [1.165, 1.54) is 0 Å². The molecule has 2 N–H and O–H groups in total. The molecule has 0 atom stereocenters. The van der Waals surface area contributed by atoms with Gasteiger partial charge < -0.3 is 20.1 Å². The molecule has 3 aromatic rings. The predicted octanol–water partition coefficient (Wildman–Crippen LogP) is 3.79. The fraction of sp³-hybridized carbons (Fsp3) is 0.519. The molecule has 3 aliphatic rings. The highest BCUT2D eigenvalue weighted by Crippen LogP contribution is 2.41. The lowest BCUT2D eigenvalue weighted by atomic mass is 9.74. The molecule has 3 fully saturated rings. The Hall–Kier alpha value is -2.73. The van der Waals surface area contributed by atoms with Crippen LogP contribution in [0.1, 0.15) is 55.1 Å². The zero-order valence-electron chi connectivity index (χ0n) is 22.4. The van der Waals surface area contributed by atoms with Crippen LogP contribution >= 0.6 is 12.4 Å². The number of hydrogen-bond donors (Lipinski definition) is 2. The minimum atomic E-state index is -3.51. The Morgan fingerprint density at radius 2 is 1.77 bits per heavy atom. The molecule has 0 bridgehead atoms. The summed E-state index contributed by atoms with van der Waals surface area (Å²) in [6.07, 6.45) is 8.12. The van der Waals surface area contributed by atoms with Gasteiger partial charge in [-0.15, -0.1) is 12.4 Å². The third-order valence-electron chi connectivity index (χ3n) is 8.33. The topological polar surface area (TPSA) is 112 Å². The second kappa shape index (κ2) is 10.7. The third kappa shape index (κ3) is 5.13. The van der Waals surface area contributed by atoms with Gasteiger partial charge >= 0.3 is 0 Å². The molecule has 10 nitrogen and oxygen atoms in total. The van der Waals surface area contributed by atoms with Crippen LogP contribution < -0.4 is 10.6 Å². The van der Waals surface area contributed by atoms with Crippen molar-refractivity contribution in [3.63, 3.8) is 0 Å². The molecule has 210 valence electrons. The Labute approximate surface area is 235 Å². The first-order valence-electron chi connectivity index (χ1n) is 13.4. The maximum Gasteiger partial charge on any atom is 0.270 e. The lowest BCUT2D eigenvalue weighted by Gasteiger charge is -2.51. The van der Waals surface area contributed by atoms with Crippen molar-refractivity contribution >= 4 is 51.0 Å². The van der Waals surface area contributed by atoms with E-state index in [1.54, 1.807) is 53.8 Å². The largest absolute Gasteiger partial charge is 0.343 e. The van der Waals surface area contributed by atoms with Crippen LogP contribution in [0.25, 0.3) is 11.0 Å². The van der Waals surface area contributed by atoms with Crippen LogP contribution in [0.15, 0.2) is 41.4 Å². The number of nitrogens with zero attached hydrogens (tertiary/aromatic N) is 5. The van der Waals surface area contributed by atoms with E-state index in [9.17, 15) is 13.2 Å². The summed E-state index contributed by atoms with van der Waals surface area (Å²) in [5, 5.41) is 7.39. The molecule has 1 saturated carbocycles. The van der Waals surface area contributed by atoms with Gasteiger partial charge in [0, 0.05) is 55.9 Å². The Bertz CT molecular complexity index is 1450. The highest BCUT2D eigenvalue weighted by atomic mass is 35.5. The third-order valence-corrected chi connectivity index (χ3v) is 10.1. The molecule has 1 aromatic carbocycles. The number of carbonyl (C=O) groups is 1. The normalized spacial score (nSPS) is 19.5. The number of rotatable bonds is 6. The number of piperidine rings is 1. The van der Waals surface area contributed by atoms with Crippen molar-refractivity contribution in [1.29, 1.82) is 0 Å². The summed E-state index contributed by atoms with van der Waals surface area (Å²) >= 11 is 0. The maximum atomic E-state index is 13.2. The summed E-state index contributed by atoms with van der Waals surface area (Å²) < 4.78 is 30.0. The van der Waals surface area contributed by atoms with Crippen LogP contribution in [-0.4, -0.2) is 78.3 Å². The van der Waals surface area contributed by atoms with Gasteiger partial charge in [-0.05, 0) is 69.1 Å². The number of benzene rings is 1. The van der Waals surface area contributed by atoms with E-state index in [0.717, 1.165) is 62.6 Å². The van der Waals surface area contributed by atoms with E-state index in [4.69, 9.17) is 4.98 Å². The van der Waals surface area contributed by atoms with Gasteiger partial charge in [0.05, 0.1) is 4.90 Å². The van der Waals surface area contributed by atoms with E-state index >= 15 is 0 Å². The molecule has 6 rings (SSSR count). The van der Waals surface area contributed by atoms with Crippen molar-refractivity contribution < 1.29 is 13.2 Å². The molecule has 1 aliphatic carbocycles. The first-order chi connectivity index (χ1) is 18.3. The second-order valence-corrected chi connectivity index (χ2v) is 13.1. The highest BCUT2D eigenvalue weighted by molar-refractivity contribution is 7.89. The molecule has 1 spiro atoms.